The van der Waals surface area contributed by atoms with Gasteiger partial charge >= 0.3 is 0 Å². The molecule has 1 aromatic carbocycles. The topological polar surface area (TPSA) is 78.9 Å². The third kappa shape index (κ3) is 3.49. The van der Waals surface area contributed by atoms with Crippen LogP contribution in [0.4, 0.5) is 5.69 Å². The maximum absolute atomic E-state index is 11.8. The van der Waals surface area contributed by atoms with Crippen LogP contribution in [0.15, 0.2) is 18.2 Å². The molecule has 1 aromatic rings. The van der Waals surface area contributed by atoms with E-state index in [1.807, 2.05) is 6.92 Å². The van der Waals surface area contributed by atoms with Gasteiger partial charge in [0.05, 0.1) is 11.5 Å². The number of anilines is 1. The van der Waals surface area contributed by atoms with Gasteiger partial charge in [0.1, 0.15) is 0 Å². The second-order valence-electron chi connectivity index (χ2n) is 4.75. The highest BCUT2D eigenvalue weighted by Crippen LogP contribution is 2.14. The van der Waals surface area contributed by atoms with Crippen LogP contribution < -0.4 is 11.1 Å². The standard InChI is InChI=1S/C13H17N3O/c1-9-6-10(4-5-11(9)15)12(17)16-8-13(2,3)7-14/h4-6H,8,15H2,1-3H3,(H,16,17). The van der Waals surface area contributed by atoms with E-state index in [-0.39, 0.29) is 5.91 Å². The Bertz CT molecular complexity index is 472. The Balaban J connectivity index is 2.72. The van der Waals surface area contributed by atoms with Gasteiger partial charge < -0.3 is 11.1 Å². The van der Waals surface area contributed by atoms with Gasteiger partial charge in [0, 0.05) is 17.8 Å². The number of nitrogens with zero attached hydrogens (tertiary/aromatic N) is 1. The van der Waals surface area contributed by atoms with Gasteiger partial charge in [-0.25, -0.2) is 0 Å². The lowest BCUT2D eigenvalue weighted by atomic mass is 9.96. The first-order valence-corrected chi connectivity index (χ1v) is 5.41. The molecule has 17 heavy (non-hydrogen) atoms. The molecule has 0 bridgehead atoms. The molecular weight excluding hydrogens is 214 g/mol. The predicted molar refractivity (Wildman–Crippen MR) is 67.3 cm³/mol. The summed E-state index contributed by atoms with van der Waals surface area (Å²) >= 11 is 0. The quantitative estimate of drug-likeness (QED) is 0.779. The van der Waals surface area contributed by atoms with Crippen molar-refractivity contribution in [3.8, 4) is 6.07 Å². The summed E-state index contributed by atoms with van der Waals surface area (Å²) in [7, 11) is 0. The SMILES string of the molecule is Cc1cc(C(=O)NCC(C)(C)C#N)ccc1N. The van der Waals surface area contributed by atoms with Crippen molar-refractivity contribution in [2.45, 2.75) is 20.8 Å². The van der Waals surface area contributed by atoms with E-state index in [0.29, 0.717) is 17.8 Å². The smallest absolute Gasteiger partial charge is 0.251 e. The number of carbonyl (C=O) groups is 1. The van der Waals surface area contributed by atoms with Gasteiger partial charge in [-0.05, 0) is 44.5 Å². The molecule has 0 fully saturated rings. The monoisotopic (exact) mass is 231 g/mol. The minimum Gasteiger partial charge on any atom is -0.399 e. The average molecular weight is 231 g/mol. The van der Waals surface area contributed by atoms with Gasteiger partial charge in [-0.15, -0.1) is 0 Å². The maximum Gasteiger partial charge on any atom is 0.251 e. The first kappa shape index (κ1) is 13.0. The summed E-state index contributed by atoms with van der Waals surface area (Å²) in [5, 5.41) is 11.6. The van der Waals surface area contributed by atoms with Gasteiger partial charge in [0.2, 0.25) is 0 Å². The van der Waals surface area contributed by atoms with Crippen LogP contribution in [0.3, 0.4) is 0 Å². The zero-order chi connectivity index (χ0) is 13.1. The molecule has 0 radical (unpaired) electrons. The number of nitrogens with one attached hydrogen (secondary N) is 1. The molecule has 0 atom stereocenters. The highest BCUT2D eigenvalue weighted by molar-refractivity contribution is 5.94. The number of nitrogen functional groups attached to an aromatic ring is 1. The molecule has 1 rings (SSSR count). The molecule has 0 aromatic heterocycles. The first-order valence-electron chi connectivity index (χ1n) is 5.41. The fraction of sp³-hybridized carbons (Fsp3) is 0.385. The third-order valence-corrected chi connectivity index (χ3v) is 2.53. The molecule has 0 saturated carbocycles. The summed E-state index contributed by atoms with van der Waals surface area (Å²) in [4.78, 5) is 11.8. The molecule has 0 saturated heterocycles. The number of nitriles is 1. The number of benzene rings is 1. The van der Waals surface area contributed by atoms with Gasteiger partial charge in [-0.1, -0.05) is 0 Å². The fourth-order valence-corrected chi connectivity index (χ4v) is 1.26. The van der Waals surface area contributed by atoms with E-state index in [1.165, 1.54) is 0 Å². The molecule has 4 nitrogen and oxygen atoms in total. The number of carbonyl (C=O) groups excluding carboxylic acids is 1. The number of aryl methyl sites for hydroxylation is 1. The zero-order valence-electron chi connectivity index (χ0n) is 10.4. The van der Waals surface area contributed by atoms with Gasteiger partial charge in [0.25, 0.3) is 5.91 Å². The van der Waals surface area contributed by atoms with Crippen LogP contribution in [0.1, 0.15) is 29.8 Å². The van der Waals surface area contributed by atoms with E-state index < -0.39 is 5.41 Å². The minimum absolute atomic E-state index is 0.184. The van der Waals surface area contributed by atoms with Crippen molar-refractivity contribution < 1.29 is 4.79 Å². The predicted octanol–water partition coefficient (Wildman–Crippen LogP) is 1.86. The molecule has 90 valence electrons. The van der Waals surface area contributed by atoms with Crippen LogP contribution in [-0.4, -0.2) is 12.5 Å². The summed E-state index contributed by atoms with van der Waals surface area (Å²) in [5.74, 6) is -0.184. The Labute approximate surface area is 101 Å². The summed E-state index contributed by atoms with van der Waals surface area (Å²) in [5.41, 5.74) is 7.22. The molecule has 0 heterocycles. The lowest BCUT2D eigenvalue weighted by Gasteiger charge is -2.16. The van der Waals surface area contributed by atoms with Crippen molar-refractivity contribution >= 4 is 11.6 Å². The third-order valence-electron chi connectivity index (χ3n) is 2.53. The zero-order valence-corrected chi connectivity index (χ0v) is 10.4. The molecule has 3 N–H and O–H groups in total. The Hall–Kier alpha value is -2.02. The largest absolute Gasteiger partial charge is 0.399 e. The lowest BCUT2D eigenvalue weighted by Crippen LogP contribution is -2.33. The van der Waals surface area contributed by atoms with Crippen LogP contribution in [0.2, 0.25) is 0 Å². The van der Waals surface area contributed by atoms with E-state index in [4.69, 9.17) is 11.0 Å². The maximum atomic E-state index is 11.8. The van der Waals surface area contributed by atoms with Crippen LogP contribution in [0.5, 0.6) is 0 Å². The Morgan fingerprint density at radius 2 is 2.18 bits per heavy atom. The number of nitrogens with two attached hydrogens (primary N) is 1. The molecule has 0 aliphatic heterocycles. The minimum atomic E-state index is -0.557. The van der Waals surface area contributed by atoms with Crippen molar-refractivity contribution in [2.75, 3.05) is 12.3 Å². The van der Waals surface area contributed by atoms with Gasteiger partial charge in [0.15, 0.2) is 0 Å². The van der Waals surface area contributed by atoms with E-state index in [9.17, 15) is 4.79 Å². The van der Waals surface area contributed by atoms with Crippen LogP contribution in [0, 0.1) is 23.7 Å². The summed E-state index contributed by atoms with van der Waals surface area (Å²) in [6, 6.07) is 7.26. The van der Waals surface area contributed by atoms with Crippen molar-refractivity contribution in [2.24, 2.45) is 5.41 Å². The Morgan fingerprint density at radius 1 is 1.53 bits per heavy atom. The van der Waals surface area contributed by atoms with E-state index >= 15 is 0 Å². The molecule has 4 heteroatoms. The molecule has 0 spiro atoms. The van der Waals surface area contributed by atoms with Gasteiger partial charge in [-0.2, -0.15) is 5.26 Å². The summed E-state index contributed by atoms with van der Waals surface area (Å²) in [6.07, 6.45) is 0. The summed E-state index contributed by atoms with van der Waals surface area (Å²) < 4.78 is 0. The van der Waals surface area contributed by atoms with E-state index in [1.54, 1.807) is 32.0 Å². The highest BCUT2D eigenvalue weighted by Gasteiger charge is 2.18. The molecule has 1 amide bonds. The molecule has 0 unspecified atom stereocenters. The van der Waals surface area contributed by atoms with Gasteiger partial charge in [-0.3, -0.25) is 4.79 Å². The van der Waals surface area contributed by atoms with Crippen LogP contribution in [-0.2, 0) is 0 Å². The number of rotatable bonds is 3. The van der Waals surface area contributed by atoms with Crippen molar-refractivity contribution in [3.63, 3.8) is 0 Å². The Morgan fingerprint density at radius 3 is 2.71 bits per heavy atom. The van der Waals surface area contributed by atoms with Crippen LogP contribution in [0.25, 0.3) is 0 Å². The van der Waals surface area contributed by atoms with E-state index in [2.05, 4.69) is 11.4 Å². The van der Waals surface area contributed by atoms with Crippen molar-refractivity contribution in [3.05, 3.63) is 29.3 Å². The molecule has 0 aliphatic rings. The fourth-order valence-electron chi connectivity index (χ4n) is 1.26. The average Bonchev–Trinajstić information content (AvgIpc) is 2.30. The normalized spacial score (nSPS) is 10.7. The highest BCUT2D eigenvalue weighted by atomic mass is 16.1. The summed E-state index contributed by atoms with van der Waals surface area (Å²) in [6.45, 7) is 5.74. The second-order valence-corrected chi connectivity index (χ2v) is 4.75. The lowest BCUT2D eigenvalue weighted by molar-refractivity contribution is 0.0943. The first-order chi connectivity index (χ1) is 7.85. The van der Waals surface area contributed by atoms with Crippen LogP contribution >= 0.6 is 0 Å². The molecule has 0 aliphatic carbocycles. The number of amides is 1. The van der Waals surface area contributed by atoms with Crippen molar-refractivity contribution in [1.82, 2.24) is 5.32 Å². The van der Waals surface area contributed by atoms with E-state index in [0.717, 1.165) is 5.56 Å². The molecular formula is C13H17N3O. The number of hydrogen-bond donors (Lipinski definition) is 2. The van der Waals surface area contributed by atoms with Crippen molar-refractivity contribution in [1.29, 1.82) is 5.26 Å². The number of hydrogen-bond acceptors (Lipinski definition) is 3. The second kappa shape index (κ2) is 4.88. The Kier molecular flexibility index (Phi) is 3.74.